The second-order valence-corrected chi connectivity index (χ2v) is 9.55. The summed E-state index contributed by atoms with van der Waals surface area (Å²) in [5.41, 5.74) is 6.59. The molecule has 35 heavy (non-hydrogen) atoms. The first-order valence-electron chi connectivity index (χ1n) is 12.3. The van der Waals surface area contributed by atoms with Crippen LogP contribution < -0.4 is 15.8 Å². The van der Waals surface area contributed by atoms with Crippen LogP contribution in [0.5, 0.6) is 5.75 Å². The number of carbonyl (C=O) groups is 2. The summed E-state index contributed by atoms with van der Waals surface area (Å²) in [6.45, 7) is 11.7. The van der Waals surface area contributed by atoms with E-state index in [1.807, 2.05) is 18.9 Å². The number of halogens is 1. The number of likely N-dealkylation sites (tertiary alicyclic amines) is 1. The van der Waals surface area contributed by atoms with Gasteiger partial charge in [0.25, 0.3) is 5.91 Å². The number of urea groups is 1. The third kappa shape index (κ3) is 7.49. The number of carbonyl (C=O) groups excluding carboxylic acids is 2. The fourth-order valence-corrected chi connectivity index (χ4v) is 4.74. The van der Waals surface area contributed by atoms with Crippen LogP contribution in [0.1, 0.15) is 30.1 Å². The number of hydrogen-bond donors (Lipinski definition) is 2. The average molecular weight is 508 g/mol. The van der Waals surface area contributed by atoms with Crippen LogP contribution in [0.15, 0.2) is 24.8 Å². The molecule has 1 aromatic rings. The molecule has 10 heteroatoms. The number of anilines is 1. The van der Waals surface area contributed by atoms with Gasteiger partial charge in [-0.15, -0.1) is 6.58 Å². The van der Waals surface area contributed by atoms with E-state index in [4.69, 9.17) is 26.8 Å². The minimum absolute atomic E-state index is 0.0698. The topological polar surface area (TPSA) is 100 Å². The lowest BCUT2D eigenvalue weighted by Crippen LogP contribution is -2.50. The standard InChI is InChI=1S/C25H38ClN5O4/c1-4-8-29(3)25(33)31-9-6-18(7-10-31)16-30-11-12-35-19(17-30)15-28-24(32)20-13-21(26)22(27)14-23(20)34-5-2/h4,13-14,18-19H,1,5-12,15-17,27H2,2-3H3,(H,28,32). The smallest absolute Gasteiger partial charge is 0.320 e. The number of hydrogen-bond acceptors (Lipinski definition) is 6. The molecule has 3 rings (SSSR count). The Labute approximate surface area is 213 Å². The van der Waals surface area contributed by atoms with E-state index in [1.165, 1.54) is 6.07 Å². The third-order valence-electron chi connectivity index (χ3n) is 6.49. The molecule has 194 valence electrons. The molecular formula is C25H38ClN5O4. The first-order valence-corrected chi connectivity index (χ1v) is 12.6. The van der Waals surface area contributed by atoms with Crippen LogP contribution in [-0.4, -0.2) is 98.8 Å². The zero-order chi connectivity index (χ0) is 25.4. The molecule has 0 aliphatic carbocycles. The van der Waals surface area contributed by atoms with Gasteiger partial charge in [0.15, 0.2) is 0 Å². The summed E-state index contributed by atoms with van der Waals surface area (Å²) in [6.07, 6.45) is 3.63. The molecule has 2 aliphatic rings. The van der Waals surface area contributed by atoms with Crippen LogP contribution in [0.2, 0.25) is 5.02 Å². The minimum Gasteiger partial charge on any atom is -0.493 e. The molecule has 0 spiro atoms. The summed E-state index contributed by atoms with van der Waals surface area (Å²) in [5.74, 6) is 0.691. The first-order chi connectivity index (χ1) is 16.8. The van der Waals surface area contributed by atoms with Gasteiger partial charge in [-0.1, -0.05) is 17.7 Å². The number of morpholine rings is 1. The second kappa shape index (κ2) is 13.0. The number of nitrogens with two attached hydrogens (primary N) is 1. The van der Waals surface area contributed by atoms with Crippen molar-refractivity contribution in [3.05, 3.63) is 35.4 Å². The van der Waals surface area contributed by atoms with E-state index in [1.54, 1.807) is 17.0 Å². The number of ether oxygens (including phenoxy) is 2. The van der Waals surface area contributed by atoms with Gasteiger partial charge in [0.1, 0.15) is 5.75 Å². The molecule has 2 aliphatic heterocycles. The summed E-state index contributed by atoms with van der Waals surface area (Å²) < 4.78 is 11.5. The molecule has 0 radical (unpaired) electrons. The van der Waals surface area contributed by atoms with Crippen LogP contribution in [0.3, 0.4) is 0 Å². The Morgan fingerprint density at radius 1 is 1.34 bits per heavy atom. The van der Waals surface area contributed by atoms with E-state index in [0.717, 1.165) is 45.6 Å². The number of piperidine rings is 1. The van der Waals surface area contributed by atoms with Crippen molar-refractivity contribution in [2.24, 2.45) is 5.92 Å². The monoisotopic (exact) mass is 507 g/mol. The molecule has 3 amide bonds. The SMILES string of the molecule is C=CCN(C)C(=O)N1CCC(CN2CCOC(CNC(=O)c3cc(Cl)c(N)cc3OCC)C2)CC1. The highest BCUT2D eigenvalue weighted by Gasteiger charge is 2.28. The lowest BCUT2D eigenvalue weighted by molar-refractivity contribution is -0.0331. The van der Waals surface area contributed by atoms with Crippen molar-refractivity contribution < 1.29 is 19.1 Å². The summed E-state index contributed by atoms with van der Waals surface area (Å²) >= 11 is 6.13. The number of nitrogen functional groups attached to an aromatic ring is 1. The third-order valence-corrected chi connectivity index (χ3v) is 6.81. The van der Waals surface area contributed by atoms with Gasteiger partial charge >= 0.3 is 6.03 Å². The molecule has 0 saturated carbocycles. The van der Waals surface area contributed by atoms with Gasteiger partial charge in [0.05, 0.1) is 35.6 Å². The van der Waals surface area contributed by atoms with Crippen molar-refractivity contribution in [3.8, 4) is 5.75 Å². The van der Waals surface area contributed by atoms with Crippen molar-refractivity contribution in [2.75, 3.05) is 71.8 Å². The summed E-state index contributed by atoms with van der Waals surface area (Å²) in [6, 6.07) is 3.19. The maximum Gasteiger partial charge on any atom is 0.320 e. The van der Waals surface area contributed by atoms with Crippen molar-refractivity contribution >= 4 is 29.2 Å². The van der Waals surface area contributed by atoms with E-state index in [2.05, 4.69) is 16.8 Å². The highest BCUT2D eigenvalue weighted by atomic mass is 35.5. The molecule has 0 bridgehead atoms. The maximum atomic E-state index is 12.8. The second-order valence-electron chi connectivity index (χ2n) is 9.15. The van der Waals surface area contributed by atoms with Gasteiger partial charge in [-0.25, -0.2) is 4.79 Å². The Kier molecular flexibility index (Phi) is 10.1. The lowest BCUT2D eigenvalue weighted by Gasteiger charge is -2.39. The zero-order valence-corrected chi connectivity index (χ0v) is 21.6. The highest BCUT2D eigenvalue weighted by Crippen LogP contribution is 2.29. The number of benzene rings is 1. The van der Waals surface area contributed by atoms with Gasteiger partial charge in [-0.2, -0.15) is 0 Å². The summed E-state index contributed by atoms with van der Waals surface area (Å²) in [7, 11) is 1.81. The quantitative estimate of drug-likeness (QED) is 0.394. The predicted molar refractivity (Wildman–Crippen MR) is 138 cm³/mol. The van der Waals surface area contributed by atoms with E-state index in [9.17, 15) is 9.59 Å². The molecule has 1 aromatic carbocycles. The minimum atomic E-state index is -0.269. The van der Waals surface area contributed by atoms with Gasteiger partial charge in [0.2, 0.25) is 0 Å². The molecule has 9 nitrogen and oxygen atoms in total. The predicted octanol–water partition coefficient (Wildman–Crippen LogP) is 2.70. The van der Waals surface area contributed by atoms with Crippen molar-refractivity contribution in [1.29, 1.82) is 0 Å². The number of nitrogens with one attached hydrogen (secondary N) is 1. The number of nitrogens with zero attached hydrogens (tertiary/aromatic N) is 3. The Hall–Kier alpha value is -2.49. The van der Waals surface area contributed by atoms with Crippen LogP contribution in [0, 0.1) is 5.92 Å². The summed E-state index contributed by atoms with van der Waals surface area (Å²) in [4.78, 5) is 31.3. The number of amides is 3. The van der Waals surface area contributed by atoms with Crippen LogP contribution in [0.4, 0.5) is 10.5 Å². The van der Waals surface area contributed by atoms with E-state index >= 15 is 0 Å². The van der Waals surface area contributed by atoms with E-state index in [-0.39, 0.29) is 18.0 Å². The highest BCUT2D eigenvalue weighted by molar-refractivity contribution is 6.33. The molecule has 1 atom stereocenters. The summed E-state index contributed by atoms with van der Waals surface area (Å²) in [5, 5.41) is 3.27. The fourth-order valence-electron chi connectivity index (χ4n) is 4.58. The zero-order valence-electron chi connectivity index (χ0n) is 20.8. The normalized spacial score (nSPS) is 19.3. The van der Waals surface area contributed by atoms with Crippen LogP contribution in [-0.2, 0) is 4.74 Å². The Balaban J connectivity index is 1.46. The van der Waals surface area contributed by atoms with Crippen LogP contribution in [0.25, 0.3) is 0 Å². The molecule has 2 saturated heterocycles. The molecular weight excluding hydrogens is 470 g/mol. The van der Waals surface area contributed by atoms with Crippen LogP contribution >= 0.6 is 11.6 Å². The van der Waals surface area contributed by atoms with Gasteiger partial charge in [0, 0.05) is 58.9 Å². The van der Waals surface area contributed by atoms with Crippen molar-refractivity contribution in [3.63, 3.8) is 0 Å². The van der Waals surface area contributed by atoms with Crippen molar-refractivity contribution in [2.45, 2.75) is 25.9 Å². The molecule has 0 aromatic heterocycles. The van der Waals surface area contributed by atoms with Gasteiger partial charge in [-0.05, 0) is 31.7 Å². The fraction of sp³-hybridized carbons (Fsp3) is 0.600. The van der Waals surface area contributed by atoms with E-state index < -0.39 is 0 Å². The van der Waals surface area contributed by atoms with E-state index in [0.29, 0.717) is 54.2 Å². The maximum absolute atomic E-state index is 12.8. The lowest BCUT2D eigenvalue weighted by atomic mass is 9.96. The molecule has 1 unspecified atom stereocenters. The van der Waals surface area contributed by atoms with Gasteiger partial charge in [-0.3, -0.25) is 9.69 Å². The Bertz CT molecular complexity index is 891. The Morgan fingerprint density at radius 2 is 2.09 bits per heavy atom. The van der Waals surface area contributed by atoms with Crippen molar-refractivity contribution in [1.82, 2.24) is 20.0 Å². The number of likely N-dealkylation sites (N-methyl/N-ethyl adjacent to an activating group) is 1. The molecule has 2 heterocycles. The first kappa shape index (κ1) is 27.1. The van der Waals surface area contributed by atoms with Gasteiger partial charge < -0.3 is 30.3 Å². The molecule has 2 fully saturated rings. The Morgan fingerprint density at radius 3 is 2.77 bits per heavy atom. The average Bonchev–Trinajstić information content (AvgIpc) is 2.85. The number of rotatable bonds is 9. The molecule has 3 N–H and O–H groups in total. The largest absolute Gasteiger partial charge is 0.493 e.